The van der Waals surface area contributed by atoms with Crippen LogP contribution in [0.3, 0.4) is 0 Å². The summed E-state index contributed by atoms with van der Waals surface area (Å²) in [6, 6.07) is 0. The molecular weight excluding hydrogens is 392 g/mol. The highest BCUT2D eigenvalue weighted by molar-refractivity contribution is 5.28. The van der Waals surface area contributed by atoms with E-state index in [0.29, 0.717) is 0 Å². The summed E-state index contributed by atoms with van der Waals surface area (Å²) in [7, 11) is 0. The van der Waals surface area contributed by atoms with Gasteiger partial charge in [0.05, 0.1) is 11.2 Å². The predicted octanol–water partition coefficient (Wildman–Crippen LogP) is 8.52. The van der Waals surface area contributed by atoms with Gasteiger partial charge in [-0.1, -0.05) is 97.1 Å². The second-order valence-electron chi connectivity index (χ2n) is 11.8. The van der Waals surface area contributed by atoms with Gasteiger partial charge in [0, 0.05) is 5.41 Å². The Balaban J connectivity index is 1.90. The molecule has 0 spiro atoms. The summed E-state index contributed by atoms with van der Waals surface area (Å²) in [5.41, 5.74) is -2.06. The molecule has 0 amide bonds. The second kappa shape index (κ2) is 12.2. The van der Waals surface area contributed by atoms with Gasteiger partial charge in [0.25, 0.3) is 0 Å². The fraction of sp³-hybridized carbons (Fsp3) is 0.867. The summed E-state index contributed by atoms with van der Waals surface area (Å²) >= 11 is 0. The highest BCUT2D eigenvalue weighted by atomic mass is 16.4. The molecule has 0 aromatic rings. The summed E-state index contributed by atoms with van der Waals surface area (Å²) in [5, 5.41) is 24.3. The summed E-state index contributed by atoms with van der Waals surface area (Å²) in [6.45, 7) is 14.5. The highest BCUT2D eigenvalue weighted by Crippen LogP contribution is 2.75. The Morgan fingerprint density at radius 2 is 1.12 bits per heavy atom. The summed E-state index contributed by atoms with van der Waals surface area (Å²) < 4.78 is 0. The van der Waals surface area contributed by atoms with Gasteiger partial charge in [-0.2, -0.15) is 0 Å². The van der Waals surface area contributed by atoms with E-state index in [2.05, 4.69) is 33.9 Å². The number of unbranched alkanes of at least 4 members (excludes halogenated alkanes) is 12. The van der Waals surface area contributed by atoms with Crippen LogP contribution < -0.4 is 0 Å². The van der Waals surface area contributed by atoms with Gasteiger partial charge in [-0.05, 0) is 62.7 Å². The Labute approximate surface area is 200 Å². The van der Waals surface area contributed by atoms with E-state index in [1.807, 2.05) is 12.2 Å². The zero-order chi connectivity index (χ0) is 23.7. The van der Waals surface area contributed by atoms with Crippen molar-refractivity contribution in [1.82, 2.24) is 0 Å². The average Bonchev–Trinajstić information content (AvgIpc) is 3.05. The minimum atomic E-state index is -0.945. The van der Waals surface area contributed by atoms with Crippen LogP contribution in [-0.4, -0.2) is 21.4 Å². The monoisotopic (exact) mass is 446 g/mol. The first kappa shape index (κ1) is 27.6. The molecule has 2 bridgehead atoms. The van der Waals surface area contributed by atoms with E-state index in [0.717, 1.165) is 51.4 Å². The molecule has 2 fully saturated rings. The minimum Gasteiger partial charge on any atom is -0.387 e. The van der Waals surface area contributed by atoms with Crippen LogP contribution in [0, 0.1) is 16.7 Å². The molecule has 0 aromatic heterocycles. The van der Waals surface area contributed by atoms with Crippen molar-refractivity contribution in [3.05, 3.63) is 25.3 Å². The maximum absolute atomic E-state index is 12.2. The number of fused-ring (bicyclic) bond motifs is 2. The lowest BCUT2D eigenvalue weighted by molar-refractivity contribution is -0.214. The number of hydrogen-bond acceptors (Lipinski definition) is 2. The van der Waals surface area contributed by atoms with Crippen molar-refractivity contribution >= 4 is 0 Å². The molecule has 2 saturated carbocycles. The topological polar surface area (TPSA) is 40.5 Å². The third-order valence-electron chi connectivity index (χ3n) is 9.84. The van der Waals surface area contributed by atoms with Crippen LogP contribution in [0.1, 0.15) is 136 Å². The van der Waals surface area contributed by atoms with Crippen molar-refractivity contribution < 1.29 is 10.2 Å². The summed E-state index contributed by atoms with van der Waals surface area (Å²) in [5.74, 6) is 0.219. The van der Waals surface area contributed by atoms with Crippen LogP contribution in [0.25, 0.3) is 0 Å². The van der Waals surface area contributed by atoms with E-state index in [1.54, 1.807) is 0 Å². The molecule has 0 saturated heterocycles. The van der Waals surface area contributed by atoms with Gasteiger partial charge >= 0.3 is 0 Å². The first-order valence-corrected chi connectivity index (χ1v) is 13.9. The molecule has 0 heterocycles. The van der Waals surface area contributed by atoms with Crippen molar-refractivity contribution in [2.24, 2.45) is 16.7 Å². The smallest absolute Gasteiger partial charge is 0.0994 e. The van der Waals surface area contributed by atoms with Crippen molar-refractivity contribution in [3.63, 3.8) is 0 Å². The van der Waals surface area contributed by atoms with Crippen molar-refractivity contribution in [2.75, 3.05) is 0 Å². The molecule has 0 unspecified atom stereocenters. The third-order valence-corrected chi connectivity index (χ3v) is 9.84. The zero-order valence-electron chi connectivity index (χ0n) is 21.8. The van der Waals surface area contributed by atoms with Crippen LogP contribution in [0.15, 0.2) is 25.3 Å². The Kier molecular flexibility index (Phi) is 10.5. The normalized spacial score (nSPS) is 33.0. The standard InChI is InChI=1S/C30H54O2/c1-6-8-10-12-14-16-18-20-23-29(31)26-22-25-28(5,27(26,3)4)30(29,32)24-21-19-17-15-13-11-9-7-2/h6-7,26,31-32H,1-2,8-25H2,3-5H3/t26-,28-,29+,30-/m0/s1. The van der Waals surface area contributed by atoms with E-state index in [4.69, 9.17) is 0 Å². The lowest BCUT2D eigenvalue weighted by Crippen LogP contribution is -2.61. The van der Waals surface area contributed by atoms with Crippen LogP contribution >= 0.6 is 0 Å². The van der Waals surface area contributed by atoms with Gasteiger partial charge in [-0.3, -0.25) is 0 Å². The number of rotatable bonds is 18. The average molecular weight is 447 g/mol. The SMILES string of the molecule is C=CCCCCCCCC[C@@]1(O)[C@@](O)(CCCCCCCCC=C)[C@H]2CC[C@@]1(C)C2(C)C. The van der Waals surface area contributed by atoms with Crippen molar-refractivity contribution in [1.29, 1.82) is 0 Å². The Hall–Kier alpha value is -0.600. The number of allylic oxidation sites excluding steroid dienone is 2. The molecule has 2 heteroatoms. The lowest BCUT2D eigenvalue weighted by Gasteiger charge is -2.52. The maximum atomic E-state index is 12.2. The molecule has 2 aliphatic carbocycles. The van der Waals surface area contributed by atoms with Crippen molar-refractivity contribution in [2.45, 2.75) is 148 Å². The molecule has 32 heavy (non-hydrogen) atoms. The predicted molar refractivity (Wildman–Crippen MR) is 139 cm³/mol. The van der Waals surface area contributed by atoms with E-state index < -0.39 is 11.2 Å². The maximum Gasteiger partial charge on any atom is 0.0994 e. The molecule has 0 aliphatic heterocycles. The Morgan fingerprint density at radius 3 is 1.62 bits per heavy atom. The van der Waals surface area contributed by atoms with Gasteiger partial charge in [-0.15, -0.1) is 13.2 Å². The molecule has 0 aromatic carbocycles. The lowest BCUT2D eigenvalue weighted by atomic mass is 9.59. The van der Waals surface area contributed by atoms with Gasteiger partial charge in [0.2, 0.25) is 0 Å². The van der Waals surface area contributed by atoms with E-state index in [9.17, 15) is 10.2 Å². The molecule has 2 rings (SSSR count). The molecule has 186 valence electrons. The van der Waals surface area contributed by atoms with Gasteiger partial charge < -0.3 is 10.2 Å². The van der Waals surface area contributed by atoms with Crippen LogP contribution in [0.2, 0.25) is 0 Å². The third kappa shape index (κ3) is 5.38. The second-order valence-corrected chi connectivity index (χ2v) is 11.8. The van der Waals surface area contributed by atoms with E-state index in [1.165, 1.54) is 64.2 Å². The first-order valence-electron chi connectivity index (χ1n) is 13.9. The fourth-order valence-electron chi connectivity index (χ4n) is 7.48. The Bertz CT molecular complexity index is 581. The number of hydrogen-bond donors (Lipinski definition) is 2. The first-order chi connectivity index (χ1) is 15.2. The van der Waals surface area contributed by atoms with Crippen LogP contribution in [0.5, 0.6) is 0 Å². The molecule has 4 atom stereocenters. The van der Waals surface area contributed by atoms with Gasteiger partial charge in [-0.25, -0.2) is 0 Å². The van der Waals surface area contributed by atoms with E-state index in [-0.39, 0.29) is 16.7 Å². The molecule has 2 N–H and O–H groups in total. The zero-order valence-corrected chi connectivity index (χ0v) is 21.8. The number of aliphatic hydroxyl groups is 2. The molecule has 2 aliphatic rings. The molecule has 0 radical (unpaired) electrons. The van der Waals surface area contributed by atoms with Crippen LogP contribution in [-0.2, 0) is 0 Å². The van der Waals surface area contributed by atoms with E-state index >= 15 is 0 Å². The highest BCUT2D eigenvalue weighted by Gasteiger charge is 2.78. The fourth-order valence-corrected chi connectivity index (χ4v) is 7.48. The van der Waals surface area contributed by atoms with Crippen molar-refractivity contribution in [3.8, 4) is 0 Å². The summed E-state index contributed by atoms with van der Waals surface area (Å²) in [6.07, 6.45) is 24.4. The van der Waals surface area contributed by atoms with Crippen LogP contribution in [0.4, 0.5) is 0 Å². The van der Waals surface area contributed by atoms with Gasteiger partial charge in [0.1, 0.15) is 0 Å². The largest absolute Gasteiger partial charge is 0.387 e. The molecule has 2 nitrogen and oxygen atoms in total. The quantitative estimate of drug-likeness (QED) is 0.164. The van der Waals surface area contributed by atoms with Gasteiger partial charge in [0.15, 0.2) is 0 Å². The summed E-state index contributed by atoms with van der Waals surface area (Å²) in [4.78, 5) is 0. The molecular formula is C30H54O2. The minimum absolute atomic E-state index is 0.00806. The Morgan fingerprint density at radius 1 is 0.688 bits per heavy atom.